The molecule has 1 aliphatic heterocycles. The molecule has 0 aromatic carbocycles. The van der Waals surface area contributed by atoms with E-state index in [1.165, 1.54) is 43.4 Å². The van der Waals surface area contributed by atoms with E-state index in [-0.39, 0.29) is 11.9 Å². The fourth-order valence-electron chi connectivity index (χ4n) is 5.97. The van der Waals surface area contributed by atoms with Gasteiger partial charge in [-0.3, -0.25) is 9.89 Å². The molecule has 1 saturated heterocycles. The van der Waals surface area contributed by atoms with E-state index in [1.54, 1.807) is 0 Å². The van der Waals surface area contributed by atoms with Gasteiger partial charge in [0.2, 0.25) is 11.9 Å². The highest BCUT2D eigenvalue weighted by atomic mass is 16.2. The molecule has 2 N–H and O–H groups in total. The summed E-state index contributed by atoms with van der Waals surface area (Å²) >= 11 is 0. The molecule has 2 fully saturated rings. The number of nitrogens with one attached hydrogen (secondary N) is 2. The molecule has 1 amide bonds. The lowest BCUT2D eigenvalue weighted by Gasteiger charge is -2.30. The molecule has 1 saturated carbocycles. The summed E-state index contributed by atoms with van der Waals surface area (Å²) in [5, 5.41) is 11.4. The van der Waals surface area contributed by atoms with Crippen molar-refractivity contribution >= 4 is 23.5 Å². The number of aromatic amines is 1. The van der Waals surface area contributed by atoms with E-state index in [4.69, 9.17) is 9.97 Å². The van der Waals surface area contributed by atoms with Crippen molar-refractivity contribution < 1.29 is 4.79 Å². The summed E-state index contributed by atoms with van der Waals surface area (Å²) in [7, 11) is 0. The van der Waals surface area contributed by atoms with E-state index in [0.29, 0.717) is 11.9 Å². The molecular formula is C26H39N7O. The van der Waals surface area contributed by atoms with E-state index in [1.807, 2.05) is 18.7 Å². The quantitative estimate of drug-likeness (QED) is 0.616. The van der Waals surface area contributed by atoms with Gasteiger partial charge < -0.3 is 15.1 Å². The Balaban J connectivity index is 1.42. The Kier molecular flexibility index (Phi) is 7.02. The van der Waals surface area contributed by atoms with Crippen molar-refractivity contribution in [2.75, 3.05) is 29.9 Å². The predicted molar refractivity (Wildman–Crippen MR) is 135 cm³/mol. The molecule has 0 unspecified atom stereocenters. The van der Waals surface area contributed by atoms with Crippen molar-refractivity contribution in [3.05, 3.63) is 23.0 Å². The molecule has 0 spiro atoms. The fraction of sp³-hybridized carbons (Fsp3) is 0.692. The minimum Gasteiger partial charge on any atom is -0.341 e. The lowest BCUT2D eigenvalue weighted by atomic mass is 9.87. The number of hydrogen-bond donors (Lipinski definition) is 2. The van der Waals surface area contributed by atoms with Crippen molar-refractivity contribution in [2.24, 2.45) is 0 Å². The van der Waals surface area contributed by atoms with Crippen molar-refractivity contribution in [1.29, 1.82) is 0 Å². The second kappa shape index (κ2) is 10.3. The van der Waals surface area contributed by atoms with E-state index in [9.17, 15) is 4.79 Å². The lowest BCUT2D eigenvalue weighted by molar-refractivity contribution is -0.132. The Hall–Kier alpha value is -2.64. The minimum atomic E-state index is -0.169. The first-order valence-electron chi connectivity index (χ1n) is 13.5. The third-order valence-electron chi connectivity index (χ3n) is 7.93. The molecule has 184 valence electrons. The smallest absolute Gasteiger partial charge is 0.245 e. The number of anilines is 3. The van der Waals surface area contributed by atoms with Crippen LogP contribution in [0.2, 0.25) is 0 Å². The Morgan fingerprint density at radius 3 is 2.65 bits per heavy atom. The standard InChI is InChI=1S/C26H39N7O/c1-3-32(4-2)25(34)22-15-10-16-33(22)26-27-20-14-9-8-13-19(20)24(29-26)28-23-17-21(30-31-23)18-11-6-5-7-12-18/h17-18,22H,3-16H2,1-2H3,(H2,27,28,29,30,31)/t22-/m0/s1. The number of amides is 1. The molecule has 1 atom stereocenters. The molecule has 8 heteroatoms. The fourth-order valence-corrected chi connectivity index (χ4v) is 5.97. The average Bonchev–Trinajstić information content (AvgIpc) is 3.55. The number of fused-ring (bicyclic) bond motifs is 1. The molecule has 0 radical (unpaired) electrons. The van der Waals surface area contributed by atoms with E-state index < -0.39 is 0 Å². The van der Waals surface area contributed by atoms with Crippen LogP contribution in [0.25, 0.3) is 0 Å². The number of carbonyl (C=O) groups excluding carboxylic acids is 1. The molecule has 8 nitrogen and oxygen atoms in total. The summed E-state index contributed by atoms with van der Waals surface area (Å²) < 4.78 is 0. The first kappa shape index (κ1) is 23.1. The van der Waals surface area contributed by atoms with Gasteiger partial charge in [-0.05, 0) is 65.2 Å². The van der Waals surface area contributed by atoms with Gasteiger partial charge in [-0.1, -0.05) is 19.3 Å². The Morgan fingerprint density at radius 2 is 1.85 bits per heavy atom. The van der Waals surface area contributed by atoms with Gasteiger partial charge in [0.15, 0.2) is 5.82 Å². The van der Waals surface area contributed by atoms with Crippen molar-refractivity contribution in [2.45, 2.75) is 96.4 Å². The third-order valence-corrected chi connectivity index (χ3v) is 7.93. The maximum absolute atomic E-state index is 13.2. The number of hydrogen-bond acceptors (Lipinski definition) is 6. The first-order valence-corrected chi connectivity index (χ1v) is 13.5. The Labute approximate surface area is 202 Å². The molecule has 34 heavy (non-hydrogen) atoms. The van der Waals surface area contributed by atoms with Gasteiger partial charge in [0.25, 0.3) is 0 Å². The molecule has 2 aromatic heterocycles. The van der Waals surface area contributed by atoms with E-state index in [2.05, 4.69) is 26.5 Å². The highest BCUT2D eigenvalue weighted by molar-refractivity contribution is 5.85. The van der Waals surface area contributed by atoms with Crippen LogP contribution in [0, 0.1) is 0 Å². The van der Waals surface area contributed by atoms with Gasteiger partial charge in [0, 0.05) is 42.9 Å². The van der Waals surface area contributed by atoms with Crippen LogP contribution in [0.5, 0.6) is 0 Å². The number of aromatic nitrogens is 4. The monoisotopic (exact) mass is 465 g/mol. The highest BCUT2D eigenvalue weighted by Gasteiger charge is 2.35. The zero-order chi connectivity index (χ0) is 23.5. The number of likely N-dealkylation sites (N-methyl/N-ethyl adjacent to an activating group) is 1. The van der Waals surface area contributed by atoms with E-state index in [0.717, 1.165) is 75.5 Å². The Bertz CT molecular complexity index is 993. The summed E-state index contributed by atoms with van der Waals surface area (Å²) in [6, 6.07) is 1.99. The average molecular weight is 466 g/mol. The zero-order valence-corrected chi connectivity index (χ0v) is 20.8. The second-order valence-corrected chi connectivity index (χ2v) is 10.0. The maximum atomic E-state index is 13.2. The van der Waals surface area contributed by atoms with E-state index >= 15 is 0 Å². The third kappa shape index (κ3) is 4.64. The number of carbonyl (C=O) groups is 1. The van der Waals surface area contributed by atoms with Crippen LogP contribution < -0.4 is 10.2 Å². The largest absolute Gasteiger partial charge is 0.341 e. The zero-order valence-electron chi connectivity index (χ0n) is 20.8. The number of rotatable bonds is 7. The van der Waals surface area contributed by atoms with Crippen molar-refractivity contribution in [1.82, 2.24) is 25.1 Å². The van der Waals surface area contributed by atoms with Crippen LogP contribution in [0.3, 0.4) is 0 Å². The first-order chi connectivity index (χ1) is 16.7. The minimum absolute atomic E-state index is 0.169. The van der Waals surface area contributed by atoms with Gasteiger partial charge in [0.05, 0.1) is 5.69 Å². The van der Waals surface area contributed by atoms with Gasteiger partial charge >= 0.3 is 0 Å². The van der Waals surface area contributed by atoms with Crippen LogP contribution >= 0.6 is 0 Å². The summed E-state index contributed by atoms with van der Waals surface area (Å²) in [6.07, 6.45) is 12.6. The van der Waals surface area contributed by atoms with Crippen molar-refractivity contribution in [3.63, 3.8) is 0 Å². The second-order valence-electron chi connectivity index (χ2n) is 10.0. The van der Waals surface area contributed by atoms with Crippen LogP contribution in [-0.2, 0) is 17.6 Å². The van der Waals surface area contributed by atoms with Crippen LogP contribution in [0.15, 0.2) is 6.07 Å². The van der Waals surface area contributed by atoms with Crippen LogP contribution in [-0.4, -0.2) is 56.6 Å². The molecule has 0 bridgehead atoms. The van der Waals surface area contributed by atoms with Crippen LogP contribution in [0.1, 0.15) is 94.5 Å². The number of nitrogens with zero attached hydrogens (tertiary/aromatic N) is 5. The summed E-state index contributed by atoms with van der Waals surface area (Å²) in [5.74, 6) is 3.16. The maximum Gasteiger partial charge on any atom is 0.245 e. The van der Waals surface area contributed by atoms with Gasteiger partial charge in [-0.15, -0.1) is 0 Å². The molecule has 3 aliphatic rings. The number of H-pyrrole nitrogens is 1. The molecule has 2 aromatic rings. The topological polar surface area (TPSA) is 90.0 Å². The molecule has 5 rings (SSSR count). The van der Waals surface area contributed by atoms with Crippen molar-refractivity contribution in [3.8, 4) is 0 Å². The van der Waals surface area contributed by atoms with Gasteiger partial charge in [-0.25, -0.2) is 4.98 Å². The Morgan fingerprint density at radius 1 is 1.06 bits per heavy atom. The molecular weight excluding hydrogens is 426 g/mol. The SMILES string of the molecule is CCN(CC)C(=O)[C@@H]1CCCN1c1nc2c(c(Nc3cc(C4CCCCC4)[nH]n3)n1)CCCC2. The lowest BCUT2D eigenvalue weighted by Crippen LogP contribution is -2.46. The summed E-state index contributed by atoms with van der Waals surface area (Å²) in [6.45, 7) is 6.39. The summed E-state index contributed by atoms with van der Waals surface area (Å²) in [4.78, 5) is 27.3. The predicted octanol–water partition coefficient (Wildman–Crippen LogP) is 4.71. The number of aryl methyl sites for hydroxylation is 1. The highest BCUT2D eigenvalue weighted by Crippen LogP contribution is 2.35. The van der Waals surface area contributed by atoms with Crippen LogP contribution in [0.4, 0.5) is 17.6 Å². The van der Waals surface area contributed by atoms with Gasteiger partial charge in [-0.2, -0.15) is 10.1 Å². The van der Waals surface area contributed by atoms with Gasteiger partial charge in [0.1, 0.15) is 11.9 Å². The molecule has 3 heterocycles. The summed E-state index contributed by atoms with van der Waals surface area (Å²) in [5.41, 5.74) is 3.57. The normalized spacial score (nSPS) is 20.9. The molecule has 2 aliphatic carbocycles.